The predicted molar refractivity (Wildman–Crippen MR) is 70.4 cm³/mol. The van der Waals surface area contributed by atoms with Gasteiger partial charge in [-0.25, -0.2) is 12.7 Å². The van der Waals surface area contributed by atoms with Crippen LogP contribution in [0.1, 0.15) is 25.2 Å². The van der Waals surface area contributed by atoms with Gasteiger partial charge in [0, 0.05) is 13.1 Å². The minimum Gasteiger partial charge on any atom is -0.461 e. The van der Waals surface area contributed by atoms with Crippen molar-refractivity contribution < 1.29 is 17.4 Å². The summed E-state index contributed by atoms with van der Waals surface area (Å²) in [4.78, 5) is 4.24. The molecule has 2 aromatic heterocycles. The molecule has 7 nitrogen and oxygen atoms in total. The third-order valence-corrected chi connectivity index (χ3v) is 5.25. The van der Waals surface area contributed by atoms with Crippen molar-refractivity contribution in [2.75, 3.05) is 18.8 Å². The number of furan rings is 1. The molecule has 1 fully saturated rings. The Morgan fingerprint density at radius 3 is 2.90 bits per heavy atom. The van der Waals surface area contributed by atoms with E-state index in [1.807, 2.05) is 6.92 Å². The molecule has 2 aromatic rings. The predicted octanol–water partition coefficient (Wildman–Crippen LogP) is 1.47. The van der Waals surface area contributed by atoms with Crippen LogP contribution in [-0.4, -0.2) is 41.7 Å². The Hall–Kier alpha value is -1.67. The normalized spacial score (nSPS) is 17.2. The second-order valence-electron chi connectivity index (χ2n) is 4.76. The second kappa shape index (κ2) is 5.02. The van der Waals surface area contributed by atoms with Crippen LogP contribution in [0.5, 0.6) is 0 Å². The molecule has 1 aliphatic rings. The fourth-order valence-corrected chi connectivity index (χ4v) is 3.70. The van der Waals surface area contributed by atoms with E-state index in [0.717, 1.165) is 0 Å². The Labute approximate surface area is 116 Å². The summed E-state index contributed by atoms with van der Waals surface area (Å²) in [5.74, 6) is 1.54. The first-order valence-electron chi connectivity index (χ1n) is 6.45. The Morgan fingerprint density at radius 1 is 1.45 bits per heavy atom. The van der Waals surface area contributed by atoms with Crippen molar-refractivity contribution in [1.82, 2.24) is 14.4 Å². The molecule has 3 rings (SSSR count). The molecule has 0 radical (unpaired) electrons. The molecule has 0 atom stereocenters. The van der Waals surface area contributed by atoms with Gasteiger partial charge in [-0.3, -0.25) is 0 Å². The van der Waals surface area contributed by atoms with Gasteiger partial charge in [-0.15, -0.1) is 0 Å². The lowest BCUT2D eigenvalue weighted by Crippen LogP contribution is -2.49. The maximum Gasteiger partial charge on any atom is 0.238 e. The van der Waals surface area contributed by atoms with Crippen molar-refractivity contribution >= 4 is 10.0 Å². The molecule has 20 heavy (non-hydrogen) atoms. The minimum absolute atomic E-state index is 0.0298. The first kappa shape index (κ1) is 13.3. The summed E-state index contributed by atoms with van der Waals surface area (Å²) in [6, 6.07) is 3.49. The summed E-state index contributed by atoms with van der Waals surface area (Å²) < 4.78 is 35.5. The number of hydrogen-bond acceptors (Lipinski definition) is 6. The van der Waals surface area contributed by atoms with Gasteiger partial charge in [0.05, 0.1) is 17.9 Å². The zero-order chi connectivity index (χ0) is 14.2. The smallest absolute Gasteiger partial charge is 0.238 e. The van der Waals surface area contributed by atoms with E-state index in [9.17, 15) is 8.42 Å². The summed E-state index contributed by atoms with van der Waals surface area (Å²) in [6.45, 7) is 2.66. The molecular weight excluding hydrogens is 282 g/mol. The number of sulfonamides is 1. The molecule has 0 spiro atoms. The van der Waals surface area contributed by atoms with Gasteiger partial charge < -0.3 is 8.94 Å². The average molecular weight is 297 g/mol. The topological polar surface area (TPSA) is 89.4 Å². The number of hydrogen-bond donors (Lipinski definition) is 0. The molecule has 8 heteroatoms. The van der Waals surface area contributed by atoms with Crippen molar-refractivity contribution in [2.24, 2.45) is 0 Å². The van der Waals surface area contributed by atoms with E-state index in [0.29, 0.717) is 37.0 Å². The van der Waals surface area contributed by atoms with Crippen molar-refractivity contribution in [3.8, 4) is 11.6 Å². The number of rotatable bonds is 5. The van der Waals surface area contributed by atoms with E-state index < -0.39 is 10.0 Å². The van der Waals surface area contributed by atoms with Crippen LogP contribution >= 0.6 is 0 Å². The molecule has 0 bridgehead atoms. The summed E-state index contributed by atoms with van der Waals surface area (Å²) in [6.07, 6.45) is 2.15. The van der Waals surface area contributed by atoms with Crippen molar-refractivity contribution in [3.63, 3.8) is 0 Å². The first-order valence-corrected chi connectivity index (χ1v) is 8.06. The van der Waals surface area contributed by atoms with Gasteiger partial charge in [0.1, 0.15) is 0 Å². The van der Waals surface area contributed by atoms with Crippen molar-refractivity contribution in [3.05, 3.63) is 24.3 Å². The molecule has 0 aliphatic carbocycles. The fraction of sp³-hybridized carbons (Fsp3) is 0.500. The molecule has 0 amide bonds. The lowest BCUT2D eigenvalue weighted by atomic mass is 10.0. The van der Waals surface area contributed by atoms with Gasteiger partial charge in [-0.05, 0) is 18.6 Å². The summed E-state index contributed by atoms with van der Waals surface area (Å²) in [7, 11) is -3.13. The summed E-state index contributed by atoms with van der Waals surface area (Å²) in [5.41, 5.74) is 0. The maximum atomic E-state index is 11.8. The van der Waals surface area contributed by atoms with Crippen LogP contribution in [0.2, 0.25) is 0 Å². The quantitative estimate of drug-likeness (QED) is 0.830. The molecule has 0 aromatic carbocycles. The lowest BCUT2D eigenvalue weighted by molar-refractivity contribution is 0.217. The van der Waals surface area contributed by atoms with Crippen molar-refractivity contribution in [1.29, 1.82) is 0 Å². The number of nitrogens with zero attached hydrogens (tertiary/aromatic N) is 3. The minimum atomic E-state index is -3.13. The fourth-order valence-electron chi connectivity index (χ4n) is 2.12. The molecular formula is C12H15N3O4S. The summed E-state index contributed by atoms with van der Waals surface area (Å²) >= 11 is 0. The van der Waals surface area contributed by atoms with Crippen LogP contribution < -0.4 is 0 Å². The highest BCUT2D eigenvalue weighted by atomic mass is 32.2. The summed E-state index contributed by atoms with van der Waals surface area (Å²) in [5, 5.41) is 3.84. The average Bonchev–Trinajstić information content (AvgIpc) is 2.95. The van der Waals surface area contributed by atoms with Crippen LogP contribution in [0.3, 0.4) is 0 Å². The van der Waals surface area contributed by atoms with E-state index in [1.165, 1.54) is 10.6 Å². The molecule has 108 valence electrons. The Balaban J connectivity index is 1.66. The largest absolute Gasteiger partial charge is 0.461 e. The van der Waals surface area contributed by atoms with Gasteiger partial charge in [0.2, 0.25) is 21.7 Å². The van der Waals surface area contributed by atoms with E-state index in [2.05, 4.69) is 10.1 Å². The van der Waals surface area contributed by atoms with Crippen LogP contribution in [0.4, 0.5) is 0 Å². The second-order valence-corrected chi connectivity index (χ2v) is 6.85. The van der Waals surface area contributed by atoms with Gasteiger partial charge >= 0.3 is 0 Å². The number of aromatic nitrogens is 2. The standard InChI is InChI=1S/C12H15N3O4S/c1-2-6-20(16,17)15-7-9(8-15)12-13-11(14-19-12)10-4-3-5-18-10/h3-5,9H,2,6-8H2,1H3. The Morgan fingerprint density at radius 2 is 2.25 bits per heavy atom. The lowest BCUT2D eigenvalue weighted by Gasteiger charge is -2.35. The van der Waals surface area contributed by atoms with Gasteiger partial charge in [-0.1, -0.05) is 12.1 Å². The van der Waals surface area contributed by atoms with Gasteiger partial charge in [-0.2, -0.15) is 4.98 Å². The first-order chi connectivity index (χ1) is 9.60. The molecule has 0 saturated carbocycles. The molecule has 0 unspecified atom stereocenters. The molecule has 3 heterocycles. The van der Waals surface area contributed by atoms with E-state index in [4.69, 9.17) is 8.94 Å². The third kappa shape index (κ3) is 2.36. The van der Waals surface area contributed by atoms with Crippen LogP contribution in [0.25, 0.3) is 11.6 Å². The van der Waals surface area contributed by atoms with Gasteiger partial charge in [0.15, 0.2) is 5.76 Å². The Bertz CT molecular complexity index is 671. The zero-order valence-electron chi connectivity index (χ0n) is 11.0. The molecule has 1 aliphatic heterocycles. The molecule has 0 N–H and O–H groups in total. The monoisotopic (exact) mass is 297 g/mol. The van der Waals surface area contributed by atoms with Crippen LogP contribution in [-0.2, 0) is 10.0 Å². The highest BCUT2D eigenvalue weighted by Gasteiger charge is 2.39. The van der Waals surface area contributed by atoms with Crippen molar-refractivity contribution in [2.45, 2.75) is 19.3 Å². The van der Waals surface area contributed by atoms with Crippen LogP contribution in [0.15, 0.2) is 27.3 Å². The van der Waals surface area contributed by atoms with Crippen LogP contribution in [0, 0.1) is 0 Å². The van der Waals surface area contributed by atoms with E-state index in [-0.39, 0.29) is 11.7 Å². The van der Waals surface area contributed by atoms with Gasteiger partial charge in [0.25, 0.3) is 0 Å². The Kier molecular flexibility index (Phi) is 3.35. The molecule has 1 saturated heterocycles. The highest BCUT2D eigenvalue weighted by Crippen LogP contribution is 2.29. The SMILES string of the molecule is CCCS(=O)(=O)N1CC(c2nc(-c3ccco3)no2)C1. The zero-order valence-corrected chi connectivity index (χ0v) is 11.8. The third-order valence-electron chi connectivity index (χ3n) is 3.24. The van der Waals surface area contributed by atoms with E-state index >= 15 is 0 Å². The van der Waals surface area contributed by atoms with E-state index in [1.54, 1.807) is 12.1 Å². The maximum absolute atomic E-state index is 11.8. The highest BCUT2D eigenvalue weighted by molar-refractivity contribution is 7.89.